The van der Waals surface area contributed by atoms with Crippen LogP contribution in [0.1, 0.15) is 22.3 Å². The summed E-state index contributed by atoms with van der Waals surface area (Å²) in [5.41, 5.74) is -0.115. The van der Waals surface area contributed by atoms with Crippen LogP contribution in [-0.2, 0) is 25.7 Å². The normalized spacial score (nSPS) is 16.5. The number of amides is 3. The van der Waals surface area contributed by atoms with E-state index in [-0.39, 0.29) is 19.2 Å². The van der Waals surface area contributed by atoms with E-state index < -0.39 is 66.4 Å². The van der Waals surface area contributed by atoms with E-state index in [4.69, 9.17) is 9.47 Å². The number of carboxylic acid groups (broad SMARTS) is 1. The summed E-state index contributed by atoms with van der Waals surface area (Å²) in [4.78, 5) is 55.1. The standard InChI is InChI=1S/C30H31F2N5O7/c31-22-9-6-10-23(32)27(22)28(39)36-24(29(40)41)15-35-26(38)18-43-21-13-20(14-34-25-11-4-5-12-33-25)37(16-21)30(42)44-17-19-7-2-1-3-8-19/h1-12,20-21,24H,13-18H2,(H,33,34)(H,35,38)(H,36,39)(H,40,41)/t20-,21+,24-/m0/s1. The predicted octanol–water partition coefficient (Wildman–Crippen LogP) is 2.57. The Morgan fingerprint density at radius 2 is 1.73 bits per heavy atom. The Morgan fingerprint density at radius 1 is 1.00 bits per heavy atom. The number of aliphatic carboxylic acids is 1. The lowest BCUT2D eigenvalue weighted by atomic mass is 10.1. The number of aromatic nitrogens is 1. The Morgan fingerprint density at radius 3 is 2.41 bits per heavy atom. The van der Waals surface area contributed by atoms with Gasteiger partial charge in [0.2, 0.25) is 5.91 Å². The van der Waals surface area contributed by atoms with Gasteiger partial charge in [-0.05, 0) is 36.2 Å². The van der Waals surface area contributed by atoms with Crippen LogP contribution in [0.15, 0.2) is 72.9 Å². The zero-order valence-electron chi connectivity index (χ0n) is 23.4. The van der Waals surface area contributed by atoms with Gasteiger partial charge in [-0.1, -0.05) is 42.5 Å². The fourth-order valence-electron chi connectivity index (χ4n) is 4.51. The molecule has 1 saturated heterocycles. The number of carboxylic acids is 1. The highest BCUT2D eigenvalue weighted by atomic mass is 19.1. The maximum absolute atomic E-state index is 13.9. The Balaban J connectivity index is 1.29. The molecule has 1 aliphatic heterocycles. The van der Waals surface area contributed by atoms with Crippen molar-refractivity contribution in [3.05, 3.63) is 95.7 Å². The lowest BCUT2D eigenvalue weighted by Crippen LogP contribution is -2.49. The summed E-state index contributed by atoms with van der Waals surface area (Å²) in [5, 5.41) is 16.9. The molecular formula is C30H31F2N5O7. The van der Waals surface area contributed by atoms with E-state index in [0.717, 1.165) is 23.8 Å². The molecule has 3 amide bonds. The quantitative estimate of drug-likeness (QED) is 0.228. The second-order valence-corrected chi connectivity index (χ2v) is 9.88. The molecule has 0 aliphatic carbocycles. The molecule has 4 N–H and O–H groups in total. The van der Waals surface area contributed by atoms with Gasteiger partial charge >= 0.3 is 12.1 Å². The zero-order valence-corrected chi connectivity index (χ0v) is 23.4. The zero-order chi connectivity index (χ0) is 31.5. The lowest BCUT2D eigenvalue weighted by Gasteiger charge is -2.24. The van der Waals surface area contributed by atoms with E-state index in [9.17, 15) is 33.1 Å². The first-order chi connectivity index (χ1) is 21.2. The van der Waals surface area contributed by atoms with Crippen LogP contribution in [0.5, 0.6) is 0 Å². The number of ether oxygens (including phenoxy) is 2. The molecule has 44 heavy (non-hydrogen) atoms. The molecule has 0 spiro atoms. The third-order valence-corrected chi connectivity index (χ3v) is 6.75. The van der Waals surface area contributed by atoms with Gasteiger partial charge in [0.15, 0.2) is 0 Å². The van der Waals surface area contributed by atoms with Crippen LogP contribution in [-0.4, -0.2) is 83.3 Å². The maximum Gasteiger partial charge on any atom is 0.410 e. The molecule has 232 valence electrons. The van der Waals surface area contributed by atoms with E-state index in [1.54, 1.807) is 18.3 Å². The van der Waals surface area contributed by atoms with Crippen LogP contribution in [0.25, 0.3) is 0 Å². The highest BCUT2D eigenvalue weighted by Gasteiger charge is 2.37. The van der Waals surface area contributed by atoms with Crippen LogP contribution in [0.2, 0.25) is 0 Å². The molecule has 0 radical (unpaired) electrons. The lowest BCUT2D eigenvalue weighted by molar-refractivity contribution is -0.139. The molecular weight excluding hydrogens is 580 g/mol. The van der Waals surface area contributed by atoms with Crippen molar-refractivity contribution in [2.75, 3.05) is 31.6 Å². The van der Waals surface area contributed by atoms with Crippen LogP contribution < -0.4 is 16.0 Å². The van der Waals surface area contributed by atoms with Gasteiger partial charge < -0.3 is 35.4 Å². The van der Waals surface area contributed by atoms with E-state index in [2.05, 4.69) is 15.6 Å². The number of likely N-dealkylation sites (tertiary alicyclic amines) is 1. The van der Waals surface area contributed by atoms with Gasteiger partial charge in [0.05, 0.1) is 18.7 Å². The van der Waals surface area contributed by atoms with Gasteiger partial charge in [-0.15, -0.1) is 0 Å². The number of nitrogens with zero attached hydrogens (tertiary/aromatic N) is 2. The average molecular weight is 612 g/mol. The van der Waals surface area contributed by atoms with Crippen molar-refractivity contribution in [3.8, 4) is 0 Å². The number of pyridine rings is 1. The minimum atomic E-state index is -1.67. The molecule has 2 heterocycles. The van der Waals surface area contributed by atoms with E-state index in [0.29, 0.717) is 18.8 Å². The molecule has 0 bridgehead atoms. The molecule has 1 fully saturated rings. The predicted molar refractivity (Wildman–Crippen MR) is 152 cm³/mol. The largest absolute Gasteiger partial charge is 0.480 e. The number of anilines is 1. The number of nitrogens with one attached hydrogen (secondary N) is 3. The SMILES string of the molecule is O=C(CO[C@@H]1C[C@@H](CNc2ccccn2)N(C(=O)OCc2ccccc2)C1)NC[C@H](NC(=O)c1c(F)cccc1F)C(=O)O. The Kier molecular flexibility index (Phi) is 11.1. The minimum absolute atomic E-state index is 0.0787. The highest BCUT2D eigenvalue weighted by molar-refractivity contribution is 5.97. The first kappa shape index (κ1) is 31.8. The van der Waals surface area contributed by atoms with Crippen LogP contribution in [0.3, 0.4) is 0 Å². The Labute approximate surface area is 251 Å². The monoisotopic (exact) mass is 611 g/mol. The molecule has 4 rings (SSSR count). The number of carbonyl (C=O) groups excluding carboxylic acids is 3. The first-order valence-corrected chi connectivity index (χ1v) is 13.7. The second-order valence-electron chi connectivity index (χ2n) is 9.88. The number of halogens is 2. The number of benzene rings is 2. The molecule has 1 aliphatic rings. The van der Waals surface area contributed by atoms with Crippen molar-refractivity contribution in [2.45, 2.75) is 31.2 Å². The van der Waals surface area contributed by atoms with Gasteiger partial charge in [-0.3, -0.25) is 9.59 Å². The third kappa shape index (κ3) is 8.94. The summed E-state index contributed by atoms with van der Waals surface area (Å²) in [6, 6.07) is 15.3. The summed E-state index contributed by atoms with van der Waals surface area (Å²) >= 11 is 0. The molecule has 0 saturated carbocycles. The average Bonchev–Trinajstić information content (AvgIpc) is 3.44. The minimum Gasteiger partial charge on any atom is -0.480 e. The van der Waals surface area contributed by atoms with E-state index >= 15 is 0 Å². The van der Waals surface area contributed by atoms with Crippen molar-refractivity contribution in [3.63, 3.8) is 0 Å². The Bertz CT molecular complexity index is 1430. The fourth-order valence-corrected chi connectivity index (χ4v) is 4.51. The van der Waals surface area contributed by atoms with Gasteiger partial charge in [-0.2, -0.15) is 0 Å². The van der Waals surface area contributed by atoms with E-state index in [1.807, 2.05) is 41.7 Å². The van der Waals surface area contributed by atoms with Crippen molar-refractivity contribution < 1.29 is 42.5 Å². The van der Waals surface area contributed by atoms with Gasteiger partial charge in [-0.25, -0.2) is 23.4 Å². The summed E-state index contributed by atoms with van der Waals surface area (Å²) < 4.78 is 39.0. The molecule has 3 aromatic rings. The maximum atomic E-state index is 13.9. The van der Waals surface area contributed by atoms with Crippen LogP contribution in [0, 0.1) is 11.6 Å². The van der Waals surface area contributed by atoms with Crippen molar-refractivity contribution in [1.29, 1.82) is 0 Å². The third-order valence-electron chi connectivity index (χ3n) is 6.75. The summed E-state index contributed by atoms with van der Waals surface area (Å²) in [5.74, 6) is -5.21. The van der Waals surface area contributed by atoms with Gasteiger partial charge in [0.25, 0.3) is 5.91 Å². The van der Waals surface area contributed by atoms with Gasteiger partial charge in [0, 0.05) is 19.3 Å². The number of rotatable bonds is 13. The van der Waals surface area contributed by atoms with Crippen molar-refractivity contribution in [1.82, 2.24) is 20.5 Å². The molecule has 12 nitrogen and oxygen atoms in total. The van der Waals surface area contributed by atoms with Crippen LogP contribution >= 0.6 is 0 Å². The highest BCUT2D eigenvalue weighted by Crippen LogP contribution is 2.22. The van der Waals surface area contributed by atoms with Gasteiger partial charge in [0.1, 0.15) is 42.3 Å². The smallest absolute Gasteiger partial charge is 0.410 e. The second kappa shape index (κ2) is 15.4. The molecule has 0 unspecified atom stereocenters. The summed E-state index contributed by atoms with van der Waals surface area (Å²) in [6.45, 7) is -0.488. The molecule has 3 atom stereocenters. The molecule has 14 heteroatoms. The summed E-state index contributed by atoms with van der Waals surface area (Å²) in [6.07, 6.45) is 0.907. The fraction of sp³-hybridized carbons (Fsp3) is 0.300. The van der Waals surface area contributed by atoms with E-state index in [1.165, 1.54) is 4.90 Å². The van der Waals surface area contributed by atoms with Crippen LogP contribution in [0.4, 0.5) is 19.4 Å². The number of hydrogen-bond acceptors (Lipinski definition) is 8. The topological polar surface area (TPSA) is 159 Å². The van der Waals surface area contributed by atoms with Crippen molar-refractivity contribution in [2.24, 2.45) is 0 Å². The molecule has 1 aromatic heterocycles. The number of carbonyl (C=O) groups is 4. The Hall–Kier alpha value is -5.11. The molecule has 2 aromatic carbocycles. The number of hydrogen-bond donors (Lipinski definition) is 4. The summed E-state index contributed by atoms with van der Waals surface area (Å²) in [7, 11) is 0. The first-order valence-electron chi connectivity index (χ1n) is 13.7. The van der Waals surface area contributed by atoms with Crippen molar-refractivity contribution >= 4 is 29.7 Å².